The van der Waals surface area contributed by atoms with Crippen LogP contribution in [0.4, 0.5) is 10.1 Å². The summed E-state index contributed by atoms with van der Waals surface area (Å²) in [7, 11) is 0. The Morgan fingerprint density at radius 1 is 1.22 bits per heavy atom. The number of nitrogens with zero attached hydrogens (tertiary/aromatic N) is 1. The SMILES string of the molecule is NNC(Cc1cnccc1N)c1ccc(F)cc1. The van der Waals surface area contributed by atoms with Crippen LogP contribution in [0.2, 0.25) is 0 Å². The molecule has 5 N–H and O–H groups in total. The van der Waals surface area contributed by atoms with Gasteiger partial charge in [0.05, 0.1) is 6.04 Å². The zero-order valence-corrected chi connectivity index (χ0v) is 9.81. The molecule has 0 fully saturated rings. The normalized spacial score (nSPS) is 12.3. The molecule has 0 aliphatic carbocycles. The van der Waals surface area contributed by atoms with Crippen LogP contribution in [0, 0.1) is 5.82 Å². The lowest BCUT2D eigenvalue weighted by Crippen LogP contribution is -2.29. The van der Waals surface area contributed by atoms with E-state index in [1.165, 1.54) is 12.1 Å². The van der Waals surface area contributed by atoms with E-state index in [0.717, 1.165) is 11.1 Å². The first-order valence-corrected chi connectivity index (χ1v) is 5.60. The van der Waals surface area contributed by atoms with E-state index in [9.17, 15) is 4.39 Å². The van der Waals surface area contributed by atoms with Crippen molar-refractivity contribution >= 4 is 5.69 Å². The highest BCUT2D eigenvalue weighted by molar-refractivity contribution is 5.45. The maximum atomic E-state index is 12.9. The Morgan fingerprint density at radius 3 is 2.56 bits per heavy atom. The van der Waals surface area contributed by atoms with Gasteiger partial charge in [0.25, 0.3) is 0 Å². The summed E-state index contributed by atoms with van der Waals surface area (Å²) in [4.78, 5) is 4.03. The molecule has 18 heavy (non-hydrogen) atoms. The average molecular weight is 246 g/mol. The van der Waals surface area contributed by atoms with E-state index in [0.29, 0.717) is 12.1 Å². The number of nitrogens with two attached hydrogens (primary N) is 2. The molecule has 1 atom stereocenters. The van der Waals surface area contributed by atoms with Gasteiger partial charge in [0.2, 0.25) is 0 Å². The Balaban J connectivity index is 2.20. The van der Waals surface area contributed by atoms with E-state index in [1.54, 1.807) is 30.6 Å². The lowest BCUT2D eigenvalue weighted by atomic mass is 9.99. The molecule has 5 heteroatoms. The molecule has 0 saturated heterocycles. The highest BCUT2D eigenvalue weighted by atomic mass is 19.1. The Labute approximate surface area is 105 Å². The topological polar surface area (TPSA) is 77.0 Å². The Hall–Kier alpha value is -1.98. The van der Waals surface area contributed by atoms with Crippen LogP contribution in [0.1, 0.15) is 17.2 Å². The molecule has 2 aromatic rings. The second-order valence-corrected chi connectivity index (χ2v) is 4.05. The summed E-state index contributed by atoms with van der Waals surface area (Å²) in [5.41, 5.74) is 11.1. The van der Waals surface area contributed by atoms with Crippen molar-refractivity contribution in [3.8, 4) is 0 Å². The van der Waals surface area contributed by atoms with Gasteiger partial charge in [-0.3, -0.25) is 16.3 Å². The van der Waals surface area contributed by atoms with Gasteiger partial charge >= 0.3 is 0 Å². The van der Waals surface area contributed by atoms with Crippen molar-refractivity contribution in [2.45, 2.75) is 12.5 Å². The highest BCUT2D eigenvalue weighted by Gasteiger charge is 2.12. The number of rotatable bonds is 4. The molecule has 0 saturated carbocycles. The molecular formula is C13H15FN4. The van der Waals surface area contributed by atoms with E-state index in [-0.39, 0.29) is 11.9 Å². The number of halogens is 1. The molecule has 1 unspecified atom stereocenters. The molecule has 0 spiro atoms. The molecule has 1 aromatic carbocycles. The number of aromatic nitrogens is 1. The Bertz CT molecular complexity index is 513. The number of hydrogen-bond acceptors (Lipinski definition) is 4. The van der Waals surface area contributed by atoms with Gasteiger partial charge in [-0.1, -0.05) is 12.1 Å². The van der Waals surface area contributed by atoms with Crippen molar-refractivity contribution in [3.63, 3.8) is 0 Å². The van der Waals surface area contributed by atoms with Crippen molar-refractivity contribution in [3.05, 3.63) is 59.7 Å². The van der Waals surface area contributed by atoms with Crippen LogP contribution in [-0.4, -0.2) is 4.98 Å². The molecule has 94 valence electrons. The summed E-state index contributed by atoms with van der Waals surface area (Å²) in [5.74, 6) is 5.27. The summed E-state index contributed by atoms with van der Waals surface area (Å²) in [5, 5.41) is 0. The summed E-state index contributed by atoms with van der Waals surface area (Å²) in [6.07, 6.45) is 3.95. The van der Waals surface area contributed by atoms with Crippen molar-refractivity contribution < 1.29 is 4.39 Å². The van der Waals surface area contributed by atoms with Gasteiger partial charge in [-0.15, -0.1) is 0 Å². The minimum absolute atomic E-state index is 0.128. The number of benzene rings is 1. The number of anilines is 1. The lowest BCUT2D eigenvalue weighted by molar-refractivity contribution is 0.549. The van der Waals surface area contributed by atoms with Crippen molar-refractivity contribution in [1.29, 1.82) is 0 Å². The first kappa shape index (κ1) is 12.5. The monoisotopic (exact) mass is 246 g/mol. The molecule has 0 amide bonds. The second-order valence-electron chi connectivity index (χ2n) is 4.05. The molecule has 1 aromatic heterocycles. The molecule has 0 radical (unpaired) electrons. The van der Waals surface area contributed by atoms with Gasteiger partial charge in [-0.05, 0) is 35.7 Å². The summed E-state index contributed by atoms with van der Waals surface area (Å²) in [6.45, 7) is 0. The van der Waals surface area contributed by atoms with Crippen LogP contribution in [-0.2, 0) is 6.42 Å². The van der Waals surface area contributed by atoms with Crippen LogP contribution in [0.15, 0.2) is 42.7 Å². The van der Waals surface area contributed by atoms with Gasteiger partial charge in [0.1, 0.15) is 5.82 Å². The zero-order valence-electron chi connectivity index (χ0n) is 9.81. The third-order valence-corrected chi connectivity index (χ3v) is 2.84. The summed E-state index contributed by atoms with van der Waals surface area (Å²) < 4.78 is 12.9. The van der Waals surface area contributed by atoms with Crippen LogP contribution in [0.25, 0.3) is 0 Å². The van der Waals surface area contributed by atoms with Gasteiger partial charge in [0, 0.05) is 18.1 Å². The van der Waals surface area contributed by atoms with E-state index in [1.807, 2.05) is 0 Å². The molecule has 1 heterocycles. The number of hydrazine groups is 1. The molecular weight excluding hydrogens is 231 g/mol. The minimum Gasteiger partial charge on any atom is -0.398 e. The number of nitrogens with one attached hydrogen (secondary N) is 1. The molecule has 0 bridgehead atoms. The maximum absolute atomic E-state index is 12.9. The van der Waals surface area contributed by atoms with E-state index in [2.05, 4.69) is 10.4 Å². The first-order chi connectivity index (χ1) is 8.70. The number of hydrogen-bond donors (Lipinski definition) is 3. The summed E-state index contributed by atoms with van der Waals surface area (Å²) >= 11 is 0. The van der Waals surface area contributed by atoms with Gasteiger partial charge in [-0.2, -0.15) is 0 Å². The molecule has 4 nitrogen and oxygen atoms in total. The average Bonchev–Trinajstić information content (AvgIpc) is 2.39. The quantitative estimate of drug-likeness (QED) is 0.565. The van der Waals surface area contributed by atoms with Crippen LogP contribution in [0.5, 0.6) is 0 Å². The van der Waals surface area contributed by atoms with Gasteiger partial charge < -0.3 is 5.73 Å². The third-order valence-electron chi connectivity index (χ3n) is 2.84. The zero-order chi connectivity index (χ0) is 13.0. The molecule has 0 aliphatic heterocycles. The number of pyridine rings is 1. The minimum atomic E-state index is -0.268. The Morgan fingerprint density at radius 2 is 1.94 bits per heavy atom. The summed E-state index contributed by atoms with van der Waals surface area (Å²) in [6, 6.07) is 7.84. The fourth-order valence-electron chi connectivity index (χ4n) is 1.80. The van der Waals surface area contributed by atoms with Crippen LogP contribution >= 0.6 is 0 Å². The number of nitrogen functional groups attached to an aromatic ring is 1. The largest absolute Gasteiger partial charge is 0.398 e. The van der Waals surface area contributed by atoms with Gasteiger partial charge in [-0.25, -0.2) is 4.39 Å². The predicted molar refractivity (Wildman–Crippen MR) is 68.8 cm³/mol. The standard InChI is InChI=1S/C13H15FN4/c14-11-3-1-9(2-4-11)13(18-16)7-10-8-17-6-5-12(10)15/h1-6,8,13,18H,7,16H2,(H2,15,17). The molecule has 0 aliphatic rings. The van der Waals surface area contributed by atoms with Gasteiger partial charge in [0.15, 0.2) is 0 Å². The molecule has 2 rings (SSSR count). The van der Waals surface area contributed by atoms with E-state index < -0.39 is 0 Å². The van der Waals surface area contributed by atoms with Crippen molar-refractivity contribution in [2.75, 3.05) is 5.73 Å². The van der Waals surface area contributed by atoms with E-state index in [4.69, 9.17) is 11.6 Å². The fraction of sp³-hybridized carbons (Fsp3) is 0.154. The Kier molecular flexibility index (Phi) is 3.86. The predicted octanol–water partition coefficient (Wildman–Crippen LogP) is 1.55. The van der Waals surface area contributed by atoms with Crippen LogP contribution < -0.4 is 17.0 Å². The third kappa shape index (κ3) is 2.82. The van der Waals surface area contributed by atoms with Crippen molar-refractivity contribution in [1.82, 2.24) is 10.4 Å². The van der Waals surface area contributed by atoms with E-state index >= 15 is 0 Å². The first-order valence-electron chi connectivity index (χ1n) is 5.60. The highest BCUT2D eigenvalue weighted by Crippen LogP contribution is 2.20. The second kappa shape index (κ2) is 5.57. The van der Waals surface area contributed by atoms with Crippen molar-refractivity contribution in [2.24, 2.45) is 5.84 Å². The maximum Gasteiger partial charge on any atom is 0.123 e. The van der Waals surface area contributed by atoms with Crippen LogP contribution in [0.3, 0.4) is 0 Å². The lowest BCUT2D eigenvalue weighted by Gasteiger charge is -2.17. The fourth-order valence-corrected chi connectivity index (χ4v) is 1.80. The smallest absolute Gasteiger partial charge is 0.123 e.